The van der Waals surface area contributed by atoms with Gasteiger partial charge in [-0.15, -0.1) is 0 Å². The fourth-order valence-corrected chi connectivity index (χ4v) is 5.95. The lowest BCUT2D eigenvalue weighted by Gasteiger charge is -2.37. The zero-order valence-electron chi connectivity index (χ0n) is 24.3. The maximum Gasteiger partial charge on any atom is 0.251 e. The second-order valence-corrected chi connectivity index (χ2v) is 18.6. The zero-order valence-corrected chi connectivity index (χ0v) is 26.1. The van der Waals surface area contributed by atoms with Gasteiger partial charge in [-0.1, -0.05) is 63.2 Å². The molecule has 3 rings (SSSR count). The van der Waals surface area contributed by atoms with Gasteiger partial charge < -0.3 is 9.74 Å². The van der Waals surface area contributed by atoms with Gasteiger partial charge in [0.2, 0.25) is 10.0 Å². The van der Waals surface area contributed by atoms with E-state index in [1.165, 1.54) is 10.6 Å². The van der Waals surface area contributed by atoms with Crippen LogP contribution in [0.4, 0.5) is 5.69 Å². The van der Waals surface area contributed by atoms with E-state index in [9.17, 15) is 13.2 Å². The SMILES string of the molecule is CC(C)(NC(=O)c1cccc(-c2ccncc2N(CCO[Si](C)(C)C(C)(C)C)S(C)(=O)=O)c1)c1ccccc1. The lowest BCUT2D eigenvalue weighted by atomic mass is 9.93. The maximum absolute atomic E-state index is 13.3. The molecule has 1 aromatic heterocycles. The Morgan fingerprint density at radius 1 is 1.00 bits per heavy atom. The Morgan fingerprint density at radius 2 is 1.67 bits per heavy atom. The minimum Gasteiger partial charge on any atom is -0.415 e. The molecule has 0 aliphatic carbocycles. The molecule has 0 aliphatic heterocycles. The lowest BCUT2D eigenvalue weighted by Crippen LogP contribution is -2.43. The van der Waals surface area contributed by atoms with Gasteiger partial charge in [-0.25, -0.2) is 8.42 Å². The number of aromatic nitrogens is 1. The molecular formula is C30H41N3O4SSi. The molecule has 1 heterocycles. The van der Waals surface area contributed by atoms with Crippen molar-refractivity contribution in [3.8, 4) is 11.1 Å². The Morgan fingerprint density at radius 3 is 2.28 bits per heavy atom. The van der Waals surface area contributed by atoms with E-state index in [2.05, 4.69) is 44.2 Å². The highest BCUT2D eigenvalue weighted by atomic mass is 32.2. The van der Waals surface area contributed by atoms with Crippen LogP contribution in [-0.2, 0) is 20.0 Å². The summed E-state index contributed by atoms with van der Waals surface area (Å²) in [4.78, 5) is 17.5. The van der Waals surface area contributed by atoms with Gasteiger partial charge >= 0.3 is 0 Å². The highest BCUT2D eigenvalue weighted by Crippen LogP contribution is 2.37. The van der Waals surface area contributed by atoms with Crippen molar-refractivity contribution >= 4 is 29.9 Å². The molecule has 39 heavy (non-hydrogen) atoms. The minimum atomic E-state index is -3.63. The van der Waals surface area contributed by atoms with Crippen LogP contribution in [0.15, 0.2) is 73.1 Å². The molecule has 1 amide bonds. The van der Waals surface area contributed by atoms with E-state index in [1.54, 1.807) is 36.7 Å². The van der Waals surface area contributed by atoms with Gasteiger partial charge in [0.05, 0.1) is 36.8 Å². The Bertz CT molecular complexity index is 1400. The zero-order chi connectivity index (χ0) is 29.1. The average molecular weight is 568 g/mol. The van der Waals surface area contributed by atoms with Crippen molar-refractivity contribution in [3.63, 3.8) is 0 Å². The van der Waals surface area contributed by atoms with Gasteiger partial charge in [0.25, 0.3) is 5.91 Å². The molecule has 9 heteroatoms. The number of pyridine rings is 1. The van der Waals surface area contributed by atoms with Gasteiger partial charge in [0, 0.05) is 17.3 Å². The summed E-state index contributed by atoms with van der Waals surface area (Å²) in [6, 6.07) is 18.8. The first-order chi connectivity index (χ1) is 18.0. The molecule has 0 atom stereocenters. The van der Waals surface area contributed by atoms with Crippen molar-refractivity contribution in [3.05, 3.63) is 84.2 Å². The van der Waals surface area contributed by atoms with Gasteiger partial charge in [-0.2, -0.15) is 0 Å². The summed E-state index contributed by atoms with van der Waals surface area (Å²) in [6.45, 7) is 15.1. The van der Waals surface area contributed by atoms with E-state index in [0.29, 0.717) is 16.8 Å². The third-order valence-electron chi connectivity index (χ3n) is 7.39. The average Bonchev–Trinajstić information content (AvgIpc) is 2.85. The molecule has 0 radical (unpaired) electrons. The van der Waals surface area contributed by atoms with E-state index in [1.807, 2.05) is 50.2 Å². The molecule has 0 unspecified atom stereocenters. The molecular weight excluding hydrogens is 527 g/mol. The van der Waals surface area contributed by atoms with Crippen molar-refractivity contribution in [2.45, 2.75) is 58.3 Å². The first kappa shape index (κ1) is 30.5. The summed E-state index contributed by atoms with van der Waals surface area (Å²) < 4.78 is 33.5. The molecule has 0 saturated heterocycles. The van der Waals surface area contributed by atoms with Crippen LogP contribution in [0, 0.1) is 0 Å². The number of benzene rings is 2. The molecule has 3 aromatic rings. The summed E-state index contributed by atoms with van der Waals surface area (Å²) >= 11 is 0. The smallest absolute Gasteiger partial charge is 0.251 e. The second-order valence-electron chi connectivity index (χ2n) is 11.9. The predicted octanol–water partition coefficient (Wildman–Crippen LogP) is 6.20. The number of carbonyl (C=O) groups is 1. The number of carbonyl (C=O) groups excluding carboxylic acids is 1. The molecule has 2 aromatic carbocycles. The first-order valence-electron chi connectivity index (χ1n) is 13.1. The molecule has 0 aliphatic rings. The van der Waals surface area contributed by atoms with E-state index in [-0.39, 0.29) is 24.1 Å². The van der Waals surface area contributed by atoms with E-state index < -0.39 is 23.9 Å². The third kappa shape index (κ3) is 7.55. The van der Waals surface area contributed by atoms with Crippen LogP contribution in [0.1, 0.15) is 50.5 Å². The Kier molecular flexibility index (Phi) is 9.09. The summed E-state index contributed by atoms with van der Waals surface area (Å²) in [6.07, 6.45) is 4.36. The standard InChI is InChI=1S/C30H41N3O4SSi/c1-29(2,3)39(7,8)37-20-19-33(38(6,35)36)27-22-31-18-17-26(27)23-13-12-14-24(21-23)28(34)32-30(4,5)25-15-10-9-11-16-25/h9-18,21-22H,19-20H2,1-8H3,(H,32,34). The van der Waals surface area contributed by atoms with Crippen LogP contribution in [0.5, 0.6) is 0 Å². The maximum atomic E-state index is 13.3. The van der Waals surface area contributed by atoms with Crippen LogP contribution in [-0.4, -0.2) is 47.0 Å². The van der Waals surface area contributed by atoms with Gasteiger partial charge in [-0.3, -0.25) is 14.1 Å². The second kappa shape index (κ2) is 11.6. The van der Waals surface area contributed by atoms with Crippen LogP contribution >= 0.6 is 0 Å². The first-order valence-corrected chi connectivity index (χ1v) is 17.8. The summed E-state index contributed by atoms with van der Waals surface area (Å²) in [5, 5.41) is 3.13. The number of nitrogens with one attached hydrogen (secondary N) is 1. The van der Waals surface area contributed by atoms with Crippen molar-refractivity contribution in [2.75, 3.05) is 23.7 Å². The molecule has 0 bridgehead atoms. The van der Waals surface area contributed by atoms with Crippen molar-refractivity contribution in [1.29, 1.82) is 0 Å². The topological polar surface area (TPSA) is 88.6 Å². The highest BCUT2D eigenvalue weighted by molar-refractivity contribution is 7.92. The van der Waals surface area contributed by atoms with E-state index >= 15 is 0 Å². The molecule has 0 fully saturated rings. The number of sulfonamides is 1. The van der Waals surface area contributed by atoms with E-state index in [0.717, 1.165) is 11.1 Å². The summed E-state index contributed by atoms with van der Waals surface area (Å²) in [5.41, 5.74) is 2.73. The molecule has 210 valence electrons. The summed E-state index contributed by atoms with van der Waals surface area (Å²) in [5.74, 6) is -0.218. The fourth-order valence-electron chi connectivity index (χ4n) is 4.01. The number of nitrogens with zero attached hydrogens (tertiary/aromatic N) is 2. The van der Waals surface area contributed by atoms with Crippen molar-refractivity contribution in [1.82, 2.24) is 10.3 Å². The van der Waals surface area contributed by atoms with Gasteiger partial charge in [-0.05, 0) is 61.3 Å². The number of hydrogen-bond donors (Lipinski definition) is 1. The van der Waals surface area contributed by atoms with E-state index in [4.69, 9.17) is 4.43 Å². The monoisotopic (exact) mass is 567 g/mol. The molecule has 7 nitrogen and oxygen atoms in total. The van der Waals surface area contributed by atoms with Crippen molar-refractivity contribution in [2.24, 2.45) is 0 Å². The quantitative estimate of drug-likeness (QED) is 0.295. The van der Waals surface area contributed by atoms with Gasteiger partial charge in [0.1, 0.15) is 0 Å². The lowest BCUT2D eigenvalue weighted by molar-refractivity contribution is 0.0912. The largest absolute Gasteiger partial charge is 0.415 e. The molecule has 1 N–H and O–H groups in total. The Balaban J connectivity index is 1.91. The van der Waals surface area contributed by atoms with Crippen LogP contribution in [0.3, 0.4) is 0 Å². The fraction of sp³-hybridized carbons (Fsp3) is 0.400. The van der Waals surface area contributed by atoms with Gasteiger partial charge in [0.15, 0.2) is 8.32 Å². The third-order valence-corrected chi connectivity index (χ3v) is 13.1. The number of amides is 1. The molecule has 0 spiro atoms. The minimum absolute atomic E-state index is 0.0124. The Labute approximate surface area is 234 Å². The van der Waals surface area contributed by atoms with Crippen LogP contribution in [0.25, 0.3) is 11.1 Å². The number of anilines is 1. The summed E-state index contributed by atoms with van der Waals surface area (Å²) in [7, 11) is -5.69. The Hall–Kier alpha value is -3.01. The van der Waals surface area contributed by atoms with Crippen LogP contribution in [0.2, 0.25) is 18.1 Å². The van der Waals surface area contributed by atoms with Crippen LogP contribution < -0.4 is 9.62 Å². The number of rotatable bonds is 10. The predicted molar refractivity (Wildman–Crippen MR) is 162 cm³/mol. The highest BCUT2D eigenvalue weighted by Gasteiger charge is 2.37. The normalized spacial score (nSPS) is 12.7. The number of hydrogen-bond acceptors (Lipinski definition) is 5. The molecule has 0 saturated carbocycles. The van der Waals surface area contributed by atoms with Crippen molar-refractivity contribution < 1.29 is 17.6 Å².